The van der Waals surface area contributed by atoms with Crippen molar-refractivity contribution in [3.8, 4) is 0 Å². The Labute approximate surface area is 274 Å². The summed E-state index contributed by atoms with van der Waals surface area (Å²) in [4.78, 5) is 20.7. The third kappa shape index (κ3) is 47.1. The molecule has 0 atom stereocenters. The Bertz CT molecular complexity index is 664. The molecule has 4 heteroatoms. The van der Waals surface area contributed by atoms with Gasteiger partial charge in [0.15, 0.2) is 0 Å². The van der Waals surface area contributed by atoms with Gasteiger partial charge < -0.3 is 10.2 Å². The molecular weight excluding hydrogens is 544 g/mol. The Balaban J connectivity index is 0. The second kappa shape index (κ2) is 41.2. The average Bonchev–Trinajstić information content (AvgIpc) is 3.00. The van der Waals surface area contributed by atoms with E-state index in [0.717, 1.165) is 57.8 Å². The molecule has 0 aliphatic carbocycles. The fourth-order valence-electron chi connectivity index (χ4n) is 5.25. The van der Waals surface area contributed by atoms with Crippen LogP contribution < -0.4 is 0 Å². The quantitative estimate of drug-likeness (QED) is 0.0567. The fraction of sp³-hybridized carbons (Fsp3) is 0.800. The molecule has 0 amide bonds. The fourth-order valence-corrected chi connectivity index (χ4v) is 5.25. The molecule has 0 aromatic rings. The molecule has 0 rings (SSSR count). The molecule has 0 aliphatic rings. The van der Waals surface area contributed by atoms with Crippen LogP contribution in [0.1, 0.15) is 206 Å². The van der Waals surface area contributed by atoms with Crippen LogP contribution in [0.15, 0.2) is 36.5 Å². The topological polar surface area (TPSA) is 74.6 Å². The van der Waals surface area contributed by atoms with E-state index in [9.17, 15) is 9.59 Å². The summed E-state index contributed by atoms with van der Waals surface area (Å²) in [6.07, 6.45) is 49.5. The second-order valence-electron chi connectivity index (χ2n) is 12.5. The van der Waals surface area contributed by atoms with Gasteiger partial charge in [0.05, 0.1) is 0 Å². The Morgan fingerprint density at radius 2 is 0.682 bits per heavy atom. The Morgan fingerprint density at radius 3 is 1.02 bits per heavy atom. The minimum atomic E-state index is -0.675. The van der Waals surface area contributed by atoms with Gasteiger partial charge >= 0.3 is 11.9 Å². The number of carboxylic acids is 2. The monoisotopic (exact) mass is 619 g/mol. The molecular formula is C40H74O4. The molecule has 0 saturated heterocycles. The van der Waals surface area contributed by atoms with Crippen LogP contribution >= 0.6 is 0 Å². The molecule has 0 aromatic carbocycles. The number of allylic oxidation sites excluding steroid dienone is 6. The van der Waals surface area contributed by atoms with Crippen molar-refractivity contribution in [3.63, 3.8) is 0 Å². The van der Waals surface area contributed by atoms with E-state index in [1.54, 1.807) is 0 Å². The predicted molar refractivity (Wildman–Crippen MR) is 193 cm³/mol. The Morgan fingerprint density at radius 1 is 0.386 bits per heavy atom. The normalized spacial score (nSPS) is 11.5. The van der Waals surface area contributed by atoms with Gasteiger partial charge in [-0.1, -0.05) is 185 Å². The van der Waals surface area contributed by atoms with Crippen molar-refractivity contribution in [3.05, 3.63) is 36.5 Å². The maximum Gasteiger partial charge on any atom is 0.303 e. The second-order valence-corrected chi connectivity index (χ2v) is 12.5. The average molecular weight is 619 g/mol. The van der Waals surface area contributed by atoms with Gasteiger partial charge in [-0.3, -0.25) is 9.59 Å². The number of carboxylic acid groups (broad SMARTS) is 2. The van der Waals surface area contributed by atoms with Crippen LogP contribution in [0.4, 0.5) is 0 Å². The minimum absolute atomic E-state index is 0.319. The van der Waals surface area contributed by atoms with Crippen molar-refractivity contribution < 1.29 is 19.8 Å². The first kappa shape index (κ1) is 44.3. The van der Waals surface area contributed by atoms with Crippen molar-refractivity contribution in [2.45, 2.75) is 206 Å². The molecule has 0 saturated carbocycles. The summed E-state index contributed by atoms with van der Waals surface area (Å²) in [5, 5.41) is 17.1. The lowest BCUT2D eigenvalue weighted by Crippen LogP contribution is -1.93. The van der Waals surface area contributed by atoms with Crippen molar-refractivity contribution in [2.75, 3.05) is 0 Å². The van der Waals surface area contributed by atoms with Gasteiger partial charge in [0.2, 0.25) is 0 Å². The summed E-state index contributed by atoms with van der Waals surface area (Å²) in [5.41, 5.74) is 0. The Kier molecular flexibility index (Phi) is 41.4. The first-order valence-electron chi connectivity index (χ1n) is 18.9. The molecule has 0 heterocycles. The number of hydrogen-bond acceptors (Lipinski definition) is 2. The predicted octanol–water partition coefficient (Wildman–Crippen LogP) is 13.6. The van der Waals surface area contributed by atoms with E-state index < -0.39 is 11.9 Å². The summed E-state index contributed by atoms with van der Waals surface area (Å²) >= 11 is 0. The molecule has 44 heavy (non-hydrogen) atoms. The summed E-state index contributed by atoms with van der Waals surface area (Å²) in [6, 6.07) is 0. The molecule has 0 aliphatic heterocycles. The highest BCUT2D eigenvalue weighted by Gasteiger charge is 1.98. The largest absolute Gasteiger partial charge is 0.481 e. The molecule has 0 unspecified atom stereocenters. The van der Waals surface area contributed by atoms with Gasteiger partial charge in [0.1, 0.15) is 0 Å². The number of aliphatic carboxylic acids is 2. The van der Waals surface area contributed by atoms with Crippen molar-refractivity contribution in [1.29, 1.82) is 0 Å². The first-order valence-corrected chi connectivity index (χ1v) is 18.9. The van der Waals surface area contributed by atoms with Crippen LogP contribution in [0.5, 0.6) is 0 Å². The van der Waals surface area contributed by atoms with Crippen LogP contribution in [-0.4, -0.2) is 22.2 Å². The van der Waals surface area contributed by atoms with Crippen molar-refractivity contribution in [2.24, 2.45) is 0 Å². The lowest BCUT2D eigenvalue weighted by atomic mass is 10.0. The SMILES string of the molecule is CC/C=C\C/C=C\C/C=C\CCCCCCCC(=O)O.CCCCCCCCCCCCCCCCCCCCCC(=O)O. The van der Waals surface area contributed by atoms with Gasteiger partial charge in [0.25, 0.3) is 0 Å². The molecule has 0 radical (unpaired) electrons. The molecule has 258 valence electrons. The van der Waals surface area contributed by atoms with Gasteiger partial charge in [-0.2, -0.15) is 0 Å². The van der Waals surface area contributed by atoms with E-state index in [0.29, 0.717) is 12.8 Å². The van der Waals surface area contributed by atoms with E-state index in [1.165, 1.54) is 122 Å². The lowest BCUT2D eigenvalue weighted by molar-refractivity contribution is -0.138. The van der Waals surface area contributed by atoms with E-state index >= 15 is 0 Å². The van der Waals surface area contributed by atoms with E-state index in [2.05, 4.69) is 50.3 Å². The standard InChI is InChI=1S/C22H44O2.C18H30O2/c1-2-3-4-5-6-7-8-9-10-11-12-13-14-15-16-17-18-19-20-21-22(23)24;1-2-3-4-5-6-7-8-9-10-11-12-13-14-15-16-17-18(19)20/h2-21H2,1H3,(H,23,24);3-4,6-7,9-10H,2,5,8,11-17H2,1H3,(H,19,20)/b;4-3-,7-6-,10-9-. The van der Waals surface area contributed by atoms with E-state index in [-0.39, 0.29) is 0 Å². The van der Waals surface area contributed by atoms with E-state index in [1.807, 2.05) is 0 Å². The third-order valence-electron chi connectivity index (χ3n) is 8.04. The van der Waals surface area contributed by atoms with Crippen molar-refractivity contribution in [1.82, 2.24) is 0 Å². The number of unbranched alkanes of at least 4 members (excludes halogenated alkanes) is 23. The molecule has 0 fully saturated rings. The molecule has 0 aromatic heterocycles. The summed E-state index contributed by atoms with van der Waals surface area (Å²) in [5.74, 6) is -1.33. The van der Waals surface area contributed by atoms with E-state index in [4.69, 9.17) is 10.2 Å². The maximum atomic E-state index is 10.4. The molecule has 0 spiro atoms. The van der Waals surface area contributed by atoms with Crippen LogP contribution in [0.3, 0.4) is 0 Å². The lowest BCUT2D eigenvalue weighted by Gasteiger charge is -2.03. The van der Waals surface area contributed by atoms with Gasteiger partial charge in [-0.15, -0.1) is 0 Å². The smallest absolute Gasteiger partial charge is 0.303 e. The molecule has 2 N–H and O–H groups in total. The van der Waals surface area contributed by atoms with Gasteiger partial charge in [-0.05, 0) is 44.9 Å². The highest BCUT2D eigenvalue weighted by Crippen LogP contribution is 2.15. The van der Waals surface area contributed by atoms with Crippen LogP contribution in [-0.2, 0) is 9.59 Å². The van der Waals surface area contributed by atoms with Crippen LogP contribution in [0, 0.1) is 0 Å². The zero-order valence-electron chi connectivity index (χ0n) is 29.4. The highest BCUT2D eigenvalue weighted by atomic mass is 16.4. The summed E-state index contributed by atoms with van der Waals surface area (Å²) < 4.78 is 0. The number of carbonyl (C=O) groups is 2. The molecule has 4 nitrogen and oxygen atoms in total. The van der Waals surface area contributed by atoms with Gasteiger partial charge in [-0.25, -0.2) is 0 Å². The van der Waals surface area contributed by atoms with Crippen molar-refractivity contribution >= 4 is 11.9 Å². The molecule has 0 bridgehead atoms. The number of hydrogen-bond donors (Lipinski definition) is 2. The summed E-state index contributed by atoms with van der Waals surface area (Å²) in [6.45, 7) is 4.43. The van der Waals surface area contributed by atoms with Gasteiger partial charge in [0, 0.05) is 12.8 Å². The third-order valence-corrected chi connectivity index (χ3v) is 8.04. The maximum absolute atomic E-state index is 10.4. The zero-order chi connectivity index (χ0) is 32.6. The minimum Gasteiger partial charge on any atom is -0.481 e. The zero-order valence-corrected chi connectivity index (χ0v) is 29.4. The summed E-state index contributed by atoms with van der Waals surface area (Å²) in [7, 11) is 0. The number of rotatable bonds is 33. The Hall–Kier alpha value is -1.84. The highest BCUT2D eigenvalue weighted by molar-refractivity contribution is 5.66. The van der Waals surface area contributed by atoms with Crippen LogP contribution in [0.2, 0.25) is 0 Å². The first-order chi connectivity index (χ1) is 21.5. The van der Waals surface area contributed by atoms with Crippen LogP contribution in [0.25, 0.3) is 0 Å².